The van der Waals surface area contributed by atoms with E-state index in [1.165, 1.54) is 89.9 Å². The van der Waals surface area contributed by atoms with Crippen molar-refractivity contribution in [3.63, 3.8) is 0 Å². The number of alkyl carbamates (subject to hydrolysis) is 1. The third-order valence-electron chi connectivity index (χ3n) is 8.59. The van der Waals surface area contributed by atoms with Crippen LogP contribution in [0.15, 0.2) is 17.1 Å². The average Bonchev–Trinajstić information content (AvgIpc) is 3.68. The molecule has 0 aliphatic heterocycles. The highest BCUT2D eigenvalue weighted by Crippen LogP contribution is 2.38. The van der Waals surface area contributed by atoms with E-state index in [4.69, 9.17) is 9.47 Å². The molecule has 2 rings (SSSR count). The zero-order valence-corrected chi connectivity index (χ0v) is 27.1. The number of nitrogens with one attached hydrogen (secondary N) is 1. The number of aromatic nitrogens is 1. The molecule has 1 amide bonds. The molecule has 0 aromatic carbocycles. The van der Waals surface area contributed by atoms with Gasteiger partial charge in [-0.1, -0.05) is 127 Å². The predicted octanol–water partition coefficient (Wildman–Crippen LogP) is 9.30. The summed E-state index contributed by atoms with van der Waals surface area (Å²) in [5.74, 6) is -0.139. The molecule has 236 valence electrons. The standard InChI is InChI=1S/C34H60N2O4S/c1-2-3-4-5-6-7-8-9-10-11-12-13-14-15-16-20-25-35-33(38)40-30-34(23-18-19-24-34)29-39-32(37)22-17-21-26-36-27-28-41-31-36/h27-28,31H,2-26,29-30H2,1H3/p+1. The van der Waals surface area contributed by atoms with Gasteiger partial charge in [-0.2, -0.15) is 4.57 Å². The zero-order chi connectivity index (χ0) is 29.3. The molecular formula is C34H61N2O4S+. The number of aryl methyl sites for hydroxylation is 1. The average molecular weight is 594 g/mol. The number of hydrogen-bond donors (Lipinski definition) is 1. The second kappa shape index (κ2) is 23.9. The quantitative estimate of drug-likeness (QED) is 0.0660. The van der Waals surface area contributed by atoms with Gasteiger partial charge in [-0.3, -0.25) is 4.79 Å². The zero-order valence-electron chi connectivity index (χ0n) is 26.3. The van der Waals surface area contributed by atoms with Crippen LogP contribution in [0, 0.1) is 5.41 Å². The first-order valence-corrected chi connectivity index (χ1v) is 18.1. The Morgan fingerprint density at radius 3 is 1.88 bits per heavy atom. The van der Waals surface area contributed by atoms with Crippen LogP contribution < -0.4 is 9.88 Å². The first kappa shape index (κ1) is 35.6. The lowest BCUT2D eigenvalue weighted by molar-refractivity contribution is -0.692. The maximum atomic E-state index is 12.3. The number of amides is 1. The molecule has 41 heavy (non-hydrogen) atoms. The summed E-state index contributed by atoms with van der Waals surface area (Å²) in [4.78, 5) is 24.5. The van der Waals surface area contributed by atoms with Gasteiger partial charge in [0, 0.05) is 24.8 Å². The Balaban J connectivity index is 1.39. The summed E-state index contributed by atoms with van der Waals surface area (Å²) in [5, 5.41) is 4.97. The van der Waals surface area contributed by atoms with Crippen LogP contribution in [0.4, 0.5) is 4.79 Å². The predicted molar refractivity (Wildman–Crippen MR) is 169 cm³/mol. The van der Waals surface area contributed by atoms with E-state index in [0.29, 0.717) is 26.2 Å². The van der Waals surface area contributed by atoms with Crippen LogP contribution in [0.3, 0.4) is 0 Å². The van der Waals surface area contributed by atoms with E-state index < -0.39 is 0 Å². The van der Waals surface area contributed by atoms with Crippen molar-refractivity contribution in [2.24, 2.45) is 5.41 Å². The third-order valence-corrected chi connectivity index (χ3v) is 9.26. The first-order valence-electron chi connectivity index (χ1n) is 17.1. The molecule has 1 heterocycles. The van der Waals surface area contributed by atoms with E-state index in [1.807, 2.05) is 0 Å². The highest BCUT2D eigenvalue weighted by molar-refractivity contribution is 7.07. The summed E-state index contributed by atoms with van der Waals surface area (Å²) in [6.45, 7) is 4.58. The molecular weight excluding hydrogens is 532 g/mol. The van der Waals surface area contributed by atoms with Crippen LogP contribution in [0.2, 0.25) is 0 Å². The molecule has 0 atom stereocenters. The van der Waals surface area contributed by atoms with E-state index >= 15 is 0 Å². The number of rotatable bonds is 26. The minimum atomic E-state index is -0.338. The molecule has 0 radical (unpaired) electrons. The van der Waals surface area contributed by atoms with Gasteiger partial charge in [0.2, 0.25) is 5.51 Å². The lowest BCUT2D eigenvalue weighted by Crippen LogP contribution is -2.35. The van der Waals surface area contributed by atoms with Crippen LogP contribution >= 0.6 is 11.3 Å². The van der Waals surface area contributed by atoms with Crippen molar-refractivity contribution >= 4 is 23.4 Å². The smallest absolute Gasteiger partial charge is 0.407 e. The number of unbranched alkanes of at least 4 members (excludes halogenated alkanes) is 16. The highest BCUT2D eigenvalue weighted by Gasteiger charge is 2.37. The minimum absolute atomic E-state index is 0.139. The summed E-state index contributed by atoms with van der Waals surface area (Å²) >= 11 is 1.68. The van der Waals surface area contributed by atoms with Crippen molar-refractivity contribution in [1.29, 1.82) is 0 Å². The Morgan fingerprint density at radius 2 is 1.32 bits per heavy atom. The van der Waals surface area contributed by atoms with Gasteiger partial charge >= 0.3 is 12.1 Å². The van der Waals surface area contributed by atoms with Gasteiger partial charge in [-0.15, -0.1) is 0 Å². The minimum Gasteiger partial charge on any atom is -0.465 e. The Bertz CT molecular complexity index is 765. The lowest BCUT2D eigenvalue weighted by Gasteiger charge is -2.27. The topological polar surface area (TPSA) is 68.5 Å². The molecule has 6 nitrogen and oxygen atoms in total. The first-order chi connectivity index (χ1) is 20.1. The van der Waals surface area contributed by atoms with Crippen molar-refractivity contribution in [3.8, 4) is 0 Å². The molecule has 0 spiro atoms. The van der Waals surface area contributed by atoms with Gasteiger partial charge in [0.1, 0.15) is 19.8 Å². The van der Waals surface area contributed by atoms with Crippen molar-refractivity contribution < 1.29 is 23.6 Å². The number of carbonyl (C=O) groups is 2. The van der Waals surface area contributed by atoms with Crippen LogP contribution in [0.25, 0.3) is 0 Å². The summed E-state index contributed by atoms with van der Waals surface area (Å²) in [5.41, 5.74) is 1.87. The van der Waals surface area contributed by atoms with E-state index in [-0.39, 0.29) is 17.5 Å². The monoisotopic (exact) mass is 593 g/mol. The Labute approximate surface area is 255 Å². The third kappa shape index (κ3) is 18.5. The van der Waals surface area contributed by atoms with Gasteiger partial charge in [0.15, 0.2) is 6.20 Å². The van der Waals surface area contributed by atoms with Gasteiger partial charge in [0.25, 0.3) is 0 Å². The number of carbonyl (C=O) groups excluding carboxylic acids is 2. The number of thiazole rings is 1. The van der Waals surface area contributed by atoms with E-state index in [2.05, 4.69) is 33.9 Å². The molecule has 1 aliphatic carbocycles. The maximum absolute atomic E-state index is 12.3. The van der Waals surface area contributed by atoms with Crippen molar-refractivity contribution in [1.82, 2.24) is 5.32 Å². The normalized spacial score (nSPS) is 14.3. The summed E-state index contributed by atoms with van der Waals surface area (Å²) < 4.78 is 13.4. The molecule has 1 saturated carbocycles. The molecule has 1 aromatic rings. The van der Waals surface area contributed by atoms with Crippen LogP contribution in [-0.4, -0.2) is 31.8 Å². The second-order valence-corrected chi connectivity index (χ2v) is 13.2. The largest absolute Gasteiger partial charge is 0.465 e. The molecule has 0 bridgehead atoms. The SMILES string of the molecule is CCCCCCCCCCCCCCCCCCNC(=O)OCC1(COC(=O)CCCC[n+]2ccsc2)CCCC1. The molecule has 1 fully saturated rings. The van der Waals surface area contributed by atoms with Crippen molar-refractivity contribution in [3.05, 3.63) is 17.1 Å². The lowest BCUT2D eigenvalue weighted by atomic mass is 9.88. The van der Waals surface area contributed by atoms with Crippen LogP contribution in [-0.2, 0) is 20.8 Å². The molecule has 1 aromatic heterocycles. The number of nitrogens with zero attached hydrogens (tertiary/aromatic N) is 1. The fraction of sp³-hybridized carbons (Fsp3) is 0.853. The van der Waals surface area contributed by atoms with Gasteiger partial charge < -0.3 is 14.8 Å². The maximum Gasteiger partial charge on any atom is 0.407 e. The van der Waals surface area contributed by atoms with Gasteiger partial charge in [0.05, 0.1) is 5.38 Å². The van der Waals surface area contributed by atoms with E-state index in [0.717, 1.165) is 57.9 Å². The van der Waals surface area contributed by atoms with Crippen LogP contribution in [0.5, 0.6) is 0 Å². The van der Waals surface area contributed by atoms with Crippen molar-refractivity contribution in [2.75, 3.05) is 19.8 Å². The highest BCUT2D eigenvalue weighted by atomic mass is 32.1. The molecule has 1 N–H and O–H groups in total. The van der Waals surface area contributed by atoms with Crippen molar-refractivity contribution in [2.45, 2.75) is 161 Å². The second-order valence-electron chi connectivity index (χ2n) is 12.4. The fourth-order valence-corrected chi connectivity index (χ4v) is 6.48. The summed E-state index contributed by atoms with van der Waals surface area (Å²) in [7, 11) is 0. The summed E-state index contributed by atoms with van der Waals surface area (Å²) in [6, 6.07) is 0. The van der Waals surface area contributed by atoms with E-state index in [9.17, 15) is 9.59 Å². The number of ether oxygens (including phenoxy) is 2. The van der Waals surface area contributed by atoms with Crippen LogP contribution in [0.1, 0.15) is 155 Å². The number of esters is 1. The molecule has 1 aliphatic rings. The Morgan fingerprint density at radius 1 is 0.756 bits per heavy atom. The summed E-state index contributed by atoms with van der Waals surface area (Å²) in [6.07, 6.45) is 29.5. The molecule has 0 unspecified atom stereocenters. The van der Waals surface area contributed by atoms with Gasteiger partial charge in [-0.05, 0) is 25.7 Å². The van der Waals surface area contributed by atoms with E-state index in [1.54, 1.807) is 11.3 Å². The molecule has 7 heteroatoms. The molecule has 0 saturated heterocycles. The Hall–Kier alpha value is -1.63. The fourth-order valence-electron chi connectivity index (χ4n) is 5.85. The number of hydrogen-bond acceptors (Lipinski definition) is 5. The Kier molecular flexibility index (Phi) is 20.7. The van der Waals surface area contributed by atoms with Gasteiger partial charge in [-0.25, -0.2) is 4.79 Å².